The van der Waals surface area contributed by atoms with Gasteiger partial charge in [0.1, 0.15) is 5.82 Å². The zero-order chi connectivity index (χ0) is 15.7. The van der Waals surface area contributed by atoms with Crippen LogP contribution < -0.4 is 5.32 Å². The molecule has 0 saturated heterocycles. The predicted octanol–water partition coefficient (Wildman–Crippen LogP) is 1.71. The van der Waals surface area contributed by atoms with E-state index in [-0.39, 0.29) is 5.91 Å². The number of carbonyl (C=O) groups is 1. The summed E-state index contributed by atoms with van der Waals surface area (Å²) in [6, 6.07) is 3.55. The maximum Gasteiger partial charge on any atom is 0.274 e. The first kappa shape index (κ1) is 17.4. The molecular weight excluding hydrogens is 266 g/mol. The molecule has 0 aliphatic heterocycles. The van der Waals surface area contributed by atoms with Crippen LogP contribution >= 0.6 is 0 Å². The molecule has 0 aliphatic carbocycles. The number of nitrogens with one attached hydrogen (secondary N) is 1. The predicted molar refractivity (Wildman–Crippen MR) is 85.6 cm³/mol. The summed E-state index contributed by atoms with van der Waals surface area (Å²) in [7, 11) is 4.04. The van der Waals surface area contributed by atoms with Gasteiger partial charge in [0.05, 0.1) is 0 Å². The van der Waals surface area contributed by atoms with Crippen LogP contribution in [0, 0.1) is 0 Å². The summed E-state index contributed by atoms with van der Waals surface area (Å²) < 4.78 is 0. The quantitative estimate of drug-likeness (QED) is 0.751. The van der Waals surface area contributed by atoms with Crippen LogP contribution in [0.25, 0.3) is 0 Å². The maximum atomic E-state index is 12.3. The standard InChI is InChI=1S/C15H27N5O/c1-5-10-20(11-6-2)15(21)13-7-8-14(18-17-13)16-9-12-19(3)4/h7-8H,5-6,9-12H2,1-4H3,(H,16,18). The number of amides is 1. The number of hydrogen-bond acceptors (Lipinski definition) is 5. The fourth-order valence-corrected chi connectivity index (χ4v) is 1.96. The SMILES string of the molecule is CCCN(CCC)C(=O)c1ccc(NCCN(C)C)nn1. The van der Waals surface area contributed by atoms with Gasteiger partial charge in [0.25, 0.3) is 5.91 Å². The Morgan fingerprint density at radius 2 is 1.76 bits per heavy atom. The summed E-state index contributed by atoms with van der Waals surface area (Å²) in [5, 5.41) is 11.3. The Labute approximate surface area is 127 Å². The molecule has 1 N–H and O–H groups in total. The van der Waals surface area contributed by atoms with E-state index in [0.29, 0.717) is 11.5 Å². The molecule has 0 aliphatic rings. The number of anilines is 1. The van der Waals surface area contributed by atoms with E-state index in [9.17, 15) is 4.79 Å². The highest BCUT2D eigenvalue weighted by Crippen LogP contribution is 2.06. The van der Waals surface area contributed by atoms with Crippen LogP contribution in [0.3, 0.4) is 0 Å². The van der Waals surface area contributed by atoms with Gasteiger partial charge in [-0.3, -0.25) is 4.79 Å². The van der Waals surface area contributed by atoms with Gasteiger partial charge in [-0.15, -0.1) is 10.2 Å². The molecule has 1 aromatic heterocycles. The molecule has 6 nitrogen and oxygen atoms in total. The van der Waals surface area contributed by atoms with E-state index in [1.54, 1.807) is 6.07 Å². The van der Waals surface area contributed by atoms with Gasteiger partial charge in [-0.2, -0.15) is 0 Å². The summed E-state index contributed by atoms with van der Waals surface area (Å²) in [4.78, 5) is 16.3. The lowest BCUT2D eigenvalue weighted by atomic mass is 10.3. The van der Waals surface area contributed by atoms with Crippen LogP contribution in [0.5, 0.6) is 0 Å². The van der Waals surface area contributed by atoms with Gasteiger partial charge in [0, 0.05) is 26.2 Å². The second kappa shape index (κ2) is 9.28. The van der Waals surface area contributed by atoms with Crippen LogP contribution in [-0.2, 0) is 0 Å². The van der Waals surface area contributed by atoms with Crippen LogP contribution in [0.2, 0.25) is 0 Å². The Bertz CT molecular complexity index is 413. The Morgan fingerprint density at radius 1 is 1.10 bits per heavy atom. The molecule has 0 saturated carbocycles. The Morgan fingerprint density at radius 3 is 2.24 bits per heavy atom. The smallest absolute Gasteiger partial charge is 0.274 e. The van der Waals surface area contributed by atoms with Crippen LogP contribution in [-0.4, -0.2) is 66.2 Å². The average Bonchev–Trinajstić information content (AvgIpc) is 2.47. The fourth-order valence-electron chi connectivity index (χ4n) is 1.96. The summed E-state index contributed by atoms with van der Waals surface area (Å²) in [5.74, 6) is 0.664. The van der Waals surface area contributed by atoms with Gasteiger partial charge >= 0.3 is 0 Å². The molecular formula is C15H27N5O. The van der Waals surface area contributed by atoms with E-state index in [4.69, 9.17) is 0 Å². The fraction of sp³-hybridized carbons (Fsp3) is 0.667. The molecule has 6 heteroatoms. The summed E-state index contributed by atoms with van der Waals surface area (Å²) >= 11 is 0. The summed E-state index contributed by atoms with van der Waals surface area (Å²) in [6.45, 7) is 7.38. The van der Waals surface area contributed by atoms with E-state index in [1.165, 1.54) is 0 Å². The van der Waals surface area contributed by atoms with E-state index in [2.05, 4.69) is 34.3 Å². The number of likely N-dealkylation sites (N-methyl/N-ethyl adjacent to an activating group) is 1. The molecule has 118 valence electrons. The molecule has 1 amide bonds. The van der Waals surface area contributed by atoms with Crippen LogP contribution in [0.15, 0.2) is 12.1 Å². The van der Waals surface area contributed by atoms with Crippen molar-refractivity contribution >= 4 is 11.7 Å². The first-order valence-corrected chi connectivity index (χ1v) is 7.60. The van der Waals surface area contributed by atoms with Gasteiger partial charge < -0.3 is 15.1 Å². The molecule has 0 spiro atoms. The highest BCUT2D eigenvalue weighted by atomic mass is 16.2. The number of nitrogens with zero attached hydrogens (tertiary/aromatic N) is 4. The molecule has 0 bridgehead atoms. The molecule has 1 aromatic rings. The van der Waals surface area contributed by atoms with Gasteiger partial charge in [-0.1, -0.05) is 13.8 Å². The molecule has 0 atom stereocenters. The lowest BCUT2D eigenvalue weighted by Crippen LogP contribution is -2.33. The molecule has 0 radical (unpaired) electrons. The minimum atomic E-state index is -0.0361. The number of carbonyl (C=O) groups excluding carboxylic acids is 1. The highest BCUT2D eigenvalue weighted by Gasteiger charge is 2.15. The van der Waals surface area contributed by atoms with Crippen molar-refractivity contribution < 1.29 is 4.79 Å². The van der Waals surface area contributed by atoms with Gasteiger partial charge in [0.15, 0.2) is 5.69 Å². The minimum Gasteiger partial charge on any atom is -0.367 e. The lowest BCUT2D eigenvalue weighted by Gasteiger charge is -2.20. The average molecular weight is 293 g/mol. The highest BCUT2D eigenvalue weighted by molar-refractivity contribution is 5.92. The largest absolute Gasteiger partial charge is 0.367 e. The zero-order valence-electron chi connectivity index (χ0n) is 13.6. The topological polar surface area (TPSA) is 61.4 Å². The minimum absolute atomic E-state index is 0.0361. The van der Waals surface area contributed by atoms with Gasteiger partial charge in [0.2, 0.25) is 0 Å². The molecule has 1 rings (SSSR count). The Balaban J connectivity index is 2.61. The molecule has 0 unspecified atom stereocenters. The second-order valence-corrected chi connectivity index (χ2v) is 5.33. The van der Waals surface area contributed by atoms with Crippen LogP contribution in [0.1, 0.15) is 37.2 Å². The normalized spacial score (nSPS) is 10.7. The van der Waals surface area contributed by atoms with Crippen molar-refractivity contribution in [3.63, 3.8) is 0 Å². The van der Waals surface area contributed by atoms with Crippen molar-refractivity contribution in [3.8, 4) is 0 Å². The maximum absolute atomic E-state index is 12.3. The second-order valence-electron chi connectivity index (χ2n) is 5.33. The van der Waals surface area contributed by atoms with Crippen molar-refractivity contribution in [1.29, 1.82) is 0 Å². The monoisotopic (exact) mass is 293 g/mol. The summed E-state index contributed by atoms with van der Waals surface area (Å²) in [5.41, 5.74) is 0.412. The van der Waals surface area contributed by atoms with E-state index in [0.717, 1.165) is 39.0 Å². The number of hydrogen-bond donors (Lipinski definition) is 1. The third kappa shape index (κ3) is 6.08. The lowest BCUT2D eigenvalue weighted by molar-refractivity contribution is 0.0748. The van der Waals surface area contributed by atoms with Crippen molar-refractivity contribution in [2.75, 3.05) is 45.6 Å². The van der Waals surface area contributed by atoms with Crippen molar-refractivity contribution in [2.45, 2.75) is 26.7 Å². The van der Waals surface area contributed by atoms with Gasteiger partial charge in [-0.05, 0) is 39.1 Å². The molecule has 0 aromatic carbocycles. The zero-order valence-corrected chi connectivity index (χ0v) is 13.6. The number of rotatable bonds is 9. The Hall–Kier alpha value is -1.69. The van der Waals surface area contributed by atoms with Crippen LogP contribution in [0.4, 0.5) is 5.82 Å². The van der Waals surface area contributed by atoms with Crippen molar-refractivity contribution in [1.82, 2.24) is 20.0 Å². The molecule has 1 heterocycles. The first-order valence-electron chi connectivity index (χ1n) is 7.60. The third-order valence-electron chi connectivity index (χ3n) is 3.02. The molecule has 21 heavy (non-hydrogen) atoms. The Kier molecular flexibility index (Phi) is 7.68. The summed E-state index contributed by atoms with van der Waals surface area (Å²) in [6.07, 6.45) is 1.90. The van der Waals surface area contributed by atoms with Gasteiger partial charge in [-0.25, -0.2) is 0 Å². The van der Waals surface area contributed by atoms with Crippen molar-refractivity contribution in [3.05, 3.63) is 17.8 Å². The third-order valence-corrected chi connectivity index (χ3v) is 3.02. The molecule has 0 fully saturated rings. The van der Waals surface area contributed by atoms with E-state index in [1.807, 2.05) is 25.1 Å². The first-order chi connectivity index (χ1) is 10.1. The van der Waals surface area contributed by atoms with E-state index >= 15 is 0 Å². The van der Waals surface area contributed by atoms with E-state index < -0.39 is 0 Å². The van der Waals surface area contributed by atoms with Crippen molar-refractivity contribution in [2.24, 2.45) is 0 Å². The number of aromatic nitrogens is 2.